The maximum absolute atomic E-state index is 10.9. The van der Waals surface area contributed by atoms with Gasteiger partial charge < -0.3 is 19.3 Å². The van der Waals surface area contributed by atoms with Gasteiger partial charge >= 0.3 is 0 Å². The summed E-state index contributed by atoms with van der Waals surface area (Å²) in [5.74, 6) is 2.11. The zero-order chi connectivity index (χ0) is 17.7. The van der Waals surface area contributed by atoms with Crippen LogP contribution in [0.3, 0.4) is 0 Å². The Morgan fingerprint density at radius 2 is 1.60 bits per heavy atom. The van der Waals surface area contributed by atoms with E-state index in [1.165, 1.54) is 11.1 Å². The minimum absolute atomic E-state index is 0.203. The summed E-state index contributed by atoms with van der Waals surface area (Å²) in [4.78, 5) is 2.36. The van der Waals surface area contributed by atoms with Crippen molar-refractivity contribution in [1.29, 1.82) is 0 Å². The van der Waals surface area contributed by atoms with Gasteiger partial charge in [-0.1, -0.05) is 0 Å². The molecule has 5 heteroatoms. The molecular formula is C20H23NO4. The molecule has 0 saturated carbocycles. The van der Waals surface area contributed by atoms with Gasteiger partial charge in [-0.25, -0.2) is 0 Å². The molecule has 4 rings (SSSR count). The number of phenolic OH excluding ortho intramolecular Hbond substituents is 1. The van der Waals surface area contributed by atoms with Gasteiger partial charge in [0, 0.05) is 18.2 Å². The predicted molar refractivity (Wildman–Crippen MR) is 96.0 cm³/mol. The van der Waals surface area contributed by atoms with Crippen LogP contribution < -0.4 is 14.2 Å². The van der Waals surface area contributed by atoms with Crippen molar-refractivity contribution in [1.82, 2.24) is 4.90 Å². The molecule has 2 aromatic rings. The van der Waals surface area contributed by atoms with Crippen molar-refractivity contribution in [2.75, 3.05) is 34.9 Å². The first-order chi connectivity index (χ1) is 12.1. The van der Waals surface area contributed by atoms with Crippen molar-refractivity contribution in [2.24, 2.45) is 0 Å². The molecule has 0 aromatic heterocycles. The van der Waals surface area contributed by atoms with Gasteiger partial charge in [0.2, 0.25) is 0 Å². The first-order valence-electron chi connectivity index (χ1n) is 8.47. The van der Waals surface area contributed by atoms with E-state index in [1.54, 1.807) is 21.3 Å². The van der Waals surface area contributed by atoms with Crippen molar-refractivity contribution in [3.8, 4) is 34.1 Å². The lowest BCUT2D eigenvalue weighted by Gasteiger charge is -2.40. The van der Waals surface area contributed by atoms with Gasteiger partial charge in [-0.2, -0.15) is 0 Å². The van der Waals surface area contributed by atoms with Gasteiger partial charge in [0.15, 0.2) is 23.0 Å². The SMILES string of the molecule is COc1cc2c(cc1OC)-c1c(O)c(OC)cc3c1[C@@H](C2)N(C)CC3. The van der Waals surface area contributed by atoms with Gasteiger partial charge in [0.1, 0.15) is 0 Å². The summed E-state index contributed by atoms with van der Waals surface area (Å²) in [6.45, 7) is 0.994. The summed E-state index contributed by atoms with van der Waals surface area (Å²) in [5, 5.41) is 10.9. The van der Waals surface area contributed by atoms with Gasteiger partial charge in [-0.3, -0.25) is 4.90 Å². The molecule has 132 valence electrons. The molecule has 0 unspecified atom stereocenters. The number of benzene rings is 2. The minimum atomic E-state index is 0.203. The second-order valence-electron chi connectivity index (χ2n) is 6.69. The first-order valence-corrected chi connectivity index (χ1v) is 8.47. The second kappa shape index (κ2) is 5.85. The Hall–Kier alpha value is -2.40. The smallest absolute Gasteiger partial charge is 0.166 e. The predicted octanol–water partition coefficient (Wildman–Crippen LogP) is 3.17. The van der Waals surface area contributed by atoms with Crippen LogP contribution in [0.1, 0.15) is 22.7 Å². The minimum Gasteiger partial charge on any atom is -0.504 e. The van der Waals surface area contributed by atoms with E-state index >= 15 is 0 Å². The van der Waals surface area contributed by atoms with E-state index in [0.29, 0.717) is 17.2 Å². The fraction of sp³-hybridized carbons (Fsp3) is 0.400. The summed E-state index contributed by atoms with van der Waals surface area (Å²) in [7, 11) is 7.01. The van der Waals surface area contributed by atoms with Crippen LogP contribution in [0.5, 0.6) is 23.0 Å². The highest BCUT2D eigenvalue weighted by Crippen LogP contribution is 2.53. The lowest BCUT2D eigenvalue weighted by atomic mass is 9.76. The summed E-state index contributed by atoms with van der Waals surface area (Å²) < 4.78 is 16.4. The molecule has 0 bridgehead atoms. The third kappa shape index (κ3) is 2.26. The first kappa shape index (κ1) is 16.1. The molecule has 2 aromatic carbocycles. The summed E-state index contributed by atoms with van der Waals surface area (Å²) >= 11 is 0. The number of rotatable bonds is 3. The number of aromatic hydroxyl groups is 1. The molecule has 0 saturated heterocycles. The summed E-state index contributed by atoms with van der Waals surface area (Å²) in [6, 6.07) is 6.23. The molecule has 1 aliphatic heterocycles. The zero-order valence-corrected chi connectivity index (χ0v) is 15.0. The fourth-order valence-corrected chi connectivity index (χ4v) is 4.19. The van der Waals surface area contributed by atoms with E-state index in [2.05, 4.69) is 11.9 Å². The second-order valence-corrected chi connectivity index (χ2v) is 6.69. The van der Waals surface area contributed by atoms with Crippen molar-refractivity contribution in [3.63, 3.8) is 0 Å². The molecule has 0 radical (unpaired) electrons. The molecule has 1 N–H and O–H groups in total. The molecule has 5 nitrogen and oxygen atoms in total. The van der Waals surface area contributed by atoms with E-state index in [4.69, 9.17) is 14.2 Å². The average Bonchev–Trinajstić information content (AvgIpc) is 2.64. The number of nitrogens with zero attached hydrogens (tertiary/aromatic N) is 1. The van der Waals surface area contributed by atoms with Crippen molar-refractivity contribution in [3.05, 3.63) is 34.9 Å². The summed E-state index contributed by atoms with van der Waals surface area (Å²) in [5.41, 5.74) is 5.49. The normalized spacial score (nSPS) is 18.3. The monoisotopic (exact) mass is 341 g/mol. The average molecular weight is 341 g/mol. The highest BCUT2D eigenvalue weighted by Gasteiger charge is 2.36. The Balaban J connectivity index is 2.05. The Morgan fingerprint density at radius 1 is 0.960 bits per heavy atom. The number of hydrogen-bond acceptors (Lipinski definition) is 5. The molecule has 2 aliphatic rings. The topological polar surface area (TPSA) is 51.2 Å². The number of fused-ring (bicyclic) bond motifs is 2. The Bertz CT molecular complexity index is 846. The molecule has 1 aliphatic carbocycles. The van der Waals surface area contributed by atoms with E-state index in [1.807, 2.05) is 18.2 Å². The number of likely N-dealkylation sites (N-methyl/N-ethyl adjacent to an activating group) is 1. The highest BCUT2D eigenvalue weighted by molar-refractivity contribution is 5.84. The van der Waals surface area contributed by atoms with Gasteiger partial charge in [0.05, 0.1) is 21.3 Å². The molecule has 0 fully saturated rings. The molecule has 1 heterocycles. The van der Waals surface area contributed by atoms with Crippen molar-refractivity contribution in [2.45, 2.75) is 18.9 Å². The summed E-state index contributed by atoms with van der Waals surface area (Å²) in [6.07, 6.45) is 1.84. The van der Waals surface area contributed by atoms with Gasteiger partial charge in [-0.15, -0.1) is 0 Å². The zero-order valence-electron chi connectivity index (χ0n) is 15.0. The largest absolute Gasteiger partial charge is 0.504 e. The van der Waals surface area contributed by atoms with Crippen LogP contribution in [-0.4, -0.2) is 44.9 Å². The lowest BCUT2D eigenvalue weighted by Crippen LogP contribution is -2.35. The van der Waals surface area contributed by atoms with Crippen LogP contribution in [0.4, 0.5) is 0 Å². The number of methoxy groups -OCH3 is 3. The Morgan fingerprint density at radius 3 is 2.28 bits per heavy atom. The Labute approximate surface area is 147 Å². The van der Waals surface area contributed by atoms with Crippen LogP contribution in [0.25, 0.3) is 11.1 Å². The third-order valence-corrected chi connectivity index (χ3v) is 5.50. The van der Waals surface area contributed by atoms with Gasteiger partial charge in [0.25, 0.3) is 0 Å². The van der Waals surface area contributed by atoms with E-state index in [9.17, 15) is 5.11 Å². The quantitative estimate of drug-likeness (QED) is 0.929. The van der Waals surface area contributed by atoms with Crippen LogP contribution in [0, 0.1) is 0 Å². The third-order valence-electron chi connectivity index (χ3n) is 5.50. The van der Waals surface area contributed by atoms with Crippen LogP contribution in [-0.2, 0) is 12.8 Å². The van der Waals surface area contributed by atoms with Crippen LogP contribution in [0.15, 0.2) is 18.2 Å². The highest BCUT2D eigenvalue weighted by atomic mass is 16.5. The molecule has 25 heavy (non-hydrogen) atoms. The lowest BCUT2D eigenvalue weighted by molar-refractivity contribution is 0.226. The maximum atomic E-state index is 10.9. The maximum Gasteiger partial charge on any atom is 0.166 e. The molecule has 0 amide bonds. The van der Waals surface area contributed by atoms with Crippen molar-refractivity contribution >= 4 is 0 Å². The van der Waals surface area contributed by atoms with E-state index in [0.717, 1.165) is 36.1 Å². The van der Waals surface area contributed by atoms with Crippen LogP contribution >= 0.6 is 0 Å². The standard InChI is InChI=1S/C20H23NO4/c1-21-6-5-11-8-17(25-4)20(22)19-13-10-16(24-3)15(23-2)9-12(13)7-14(21)18(11)19/h8-10,14,22H,5-7H2,1-4H3/t14-/m1/s1. The Kier molecular flexibility index (Phi) is 3.76. The number of hydrogen-bond donors (Lipinski definition) is 1. The number of phenols is 1. The number of ether oxygens (including phenoxy) is 3. The molecule has 1 atom stereocenters. The van der Waals surface area contributed by atoms with E-state index < -0.39 is 0 Å². The van der Waals surface area contributed by atoms with Crippen LogP contribution in [0.2, 0.25) is 0 Å². The molecular weight excluding hydrogens is 318 g/mol. The fourth-order valence-electron chi connectivity index (χ4n) is 4.19. The molecule has 0 spiro atoms. The van der Waals surface area contributed by atoms with Crippen molar-refractivity contribution < 1.29 is 19.3 Å². The van der Waals surface area contributed by atoms with E-state index in [-0.39, 0.29) is 11.8 Å². The van der Waals surface area contributed by atoms with Gasteiger partial charge in [-0.05, 0) is 60.3 Å².